The molecule has 0 aliphatic heterocycles. The molecule has 0 fully saturated rings. The van der Waals surface area contributed by atoms with Crippen molar-refractivity contribution in [3.05, 3.63) is 29.8 Å². The Morgan fingerprint density at radius 3 is 2.14 bits per heavy atom. The highest BCUT2D eigenvalue weighted by Gasteiger charge is 2.23. The van der Waals surface area contributed by atoms with Crippen molar-refractivity contribution >= 4 is 33.6 Å². The summed E-state index contributed by atoms with van der Waals surface area (Å²) in [5.74, 6) is 1.72. The Labute approximate surface area is 135 Å². The maximum atomic E-state index is 12.0. The number of hydrogen-bond donors (Lipinski definition) is 1. The molecule has 0 aromatic heterocycles. The summed E-state index contributed by atoms with van der Waals surface area (Å²) in [4.78, 5) is 0.114. The van der Waals surface area contributed by atoms with Gasteiger partial charge in [0.25, 0.3) is 10.1 Å². The Bertz CT molecular complexity index is 508. The van der Waals surface area contributed by atoms with Crippen molar-refractivity contribution < 1.29 is 17.7 Å². The van der Waals surface area contributed by atoms with E-state index in [1.165, 1.54) is 12.1 Å². The Kier molecular flexibility index (Phi) is 8.12. The summed E-state index contributed by atoms with van der Waals surface area (Å²) in [5.41, 5.74) is 0.979. The fraction of sp³-hybridized carbons (Fsp3) is 0.571. The first-order chi connectivity index (χ1) is 9.90. The van der Waals surface area contributed by atoms with Gasteiger partial charge in [-0.25, -0.2) is 0 Å². The van der Waals surface area contributed by atoms with Crippen molar-refractivity contribution in [1.82, 2.24) is 0 Å². The van der Waals surface area contributed by atoms with E-state index >= 15 is 0 Å². The van der Waals surface area contributed by atoms with Crippen LogP contribution in [0.4, 0.5) is 0 Å². The van der Waals surface area contributed by atoms with Crippen LogP contribution in [0.3, 0.4) is 0 Å². The van der Waals surface area contributed by atoms with Gasteiger partial charge in [0.1, 0.15) is 0 Å². The van der Waals surface area contributed by atoms with E-state index in [0.29, 0.717) is 0 Å². The lowest BCUT2D eigenvalue weighted by Crippen LogP contribution is -2.28. The first-order valence-electron chi connectivity index (χ1n) is 6.78. The molecule has 0 heterocycles. The molecule has 0 amide bonds. The molecule has 7 heteroatoms. The van der Waals surface area contributed by atoms with Gasteiger partial charge in [-0.1, -0.05) is 31.5 Å². The summed E-state index contributed by atoms with van der Waals surface area (Å²) in [5, 5.41) is 10.1. The van der Waals surface area contributed by atoms with Gasteiger partial charge < -0.3 is 5.11 Å². The van der Waals surface area contributed by atoms with Gasteiger partial charge in [0.05, 0.1) is 22.2 Å². The van der Waals surface area contributed by atoms with Crippen LogP contribution in [-0.2, 0) is 14.3 Å². The lowest BCUT2D eigenvalue weighted by atomic mass is 10.2. The average Bonchev–Trinajstić information content (AvgIpc) is 2.45. The van der Waals surface area contributed by atoms with Crippen LogP contribution in [0, 0.1) is 6.92 Å². The average molecular weight is 351 g/mol. The highest BCUT2D eigenvalue weighted by Crippen LogP contribution is 2.27. The molecule has 0 aliphatic carbocycles. The van der Waals surface area contributed by atoms with Gasteiger partial charge in [-0.15, -0.1) is 23.5 Å². The third-order valence-corrected chi connectivity index (χ3v) is 6.74. The van der Waals surface area contributed by atoms with E-state index in [1.807, 2.05) is 20.8 Å². The summed E-state index contributed by atoms with van der Waals surface area (Å²) in [6.07, 6.45) is -0.819. The summed E-state index contributed by atoms with van der Waals surface area (Å²) in [7, 11) is -3.81. The standard InChI is InChI=1S/C14H22O4S3/c1-4-19-14(20-5-2)13(15)10-18-21(16,17)12-8-6-11(3)7-9-12/h6-9,13-15H,4-5,10H2,1-3H3. The van der Waals surface area contributed by atoms with Crippen molar-refractivity contribution in [3.63, 3.8) is 0 Å². The zero-order valence-corrected chi connectivity index (χ0v) is 14.9. The zero-order valence-electron chi connectivity index (χ0n) is 12.5. The van der Waals surface area contributed by atoms with Gasteiger partial charge in [0, 0.05) is 0 Å². The number of thioether (sulfide) groups is 2. The Morgan fingerprint density at radius 2 is 1.67 bits per heavy atom. The molecule has 1 aromatic carbocycles. The van der Waals surface area contributed by atoms with Crippen LogP contribution in [-0.4, -0.2) is 42.3 Å². The van der Waals surface area contributed by atoms with Gasteiger partial charge in [-0.2, -0.15) is 8.42 Å². The predicted octanol–water partition coefficient (Wildman–Crippen LogP) is 2.89. The second kappa shape index (κ2) is 9.05. The third kappa shape index (κ3) is 6.20. The van der Waals surface area contributed by atoms with E-state index in [-0.39, 0.29) is 16.1 Å². The van der Waals surface area contributed by atoms with Crippen LogP contribution in [0.1, 0.15) is 19.4 Å². The molecule has 0 saturated heterocycles. The largest absolute Gasteiger partial charge is 0.389 e. The summed E-state index contributed by atoms with van der Waals surface area (Å²) < 4.78 is 29.0. The van der Waals surface area contributed by atoms with E-state index in [4.69, 9.17) is 4.18 Å². The number of aliphatic hydroxyl groups is 1. The van der Waals surface area contributed by atoms with Crippen molar-refractivity contribution in [2.24, 2.45) is 0 Å². The van der Waals surface area contributed by atoms with Gasteiger partial charge in [-0.3, -0.25) is 4.18 Å². The quantitative estimate of drug-likeness (QED) is 0.546. The maximum absolute atomic E-state index is 12.0. The van der Waals surface area contributed by atoms with E-state index in [1.54, 1.807) is 35.7 Å². The van der Waals surface area contributed by atoms with Crippen LogP contribution in [0.2, 0.25) is 0 Å². The molecule has 1 N–H and O–H groups in total. The molecule has 1 unspecified atom stereocenters. The number of aryl methyl sites for hydroxylation is 1. The second-order valence-corrected chi connectivity index (χ2v) is 9.15. The summed E-state index contributed by atoms with van der Waals surface area (Å²) in [6.45, 7) is 5.67. The van der Waals surface area contributed by atoms with Crippen LogP contribution < -0.4 is 0 Å². The number of benzene rings is 1. The minimum absolute atomic E-state index is 0.0757. The highest BCUT2D eigenvalue weighted by molar-refractivity contribution is 8.17. The fourth-order valence-electron chi connectivity index (χ4n) is 1.61. The molecule has 4 nitrogen and oxygen atoms in total. The lowest BCUT2D eigenvalue weighted by molar-refractivity contribution is 0.124. The minimum Gasteiger partial charge on any atom is -0.389 e. The monoisotopic (exact) mass is 350 g/mol. The Morgan fingerprint density at radius 1 is 1.14 bits per heavy atom. The molecular formula is C14H22O4S3. The minimum atomic E-state index is -3.81. The van der Waals surface area contributed by atoms with Gasteiger partial charge >= 0.3 is 0 Å². The molecule has 120 valence electrons. The predicted molar refractivity (Wildman–Crippen MR) is 90.4 cm³/mol. The molecule has 0 spiro atoms. The van der Waals surface area contributed by atoms with Crippen LogP contribution >= 0.6 is 23.5 Å². The topological polar surface area (TPSA) is 63.6 Å². The van der Waals surface area contributed by atoms with Crippen molar-refractivity contribution in [3.8, 4) is 0 Å². The van der Waals surface area contributed by atoms with Gasteiger partial charge in [0.2, 0.25) is 0 Å². The van der Waals surface area contributed by atoms with Crippen molar-refractivity contribution in [2.75, 3.05) is 18.1 Å². The van der Waals surface area contributed by atoms with Crippen LogP contribution in [0.15, 0.2) is 29.2 Å². The molecule has 1 aromatic rings. The van der Waals surface area contributed by atoms with E-state index in [9.17, 15) is 13.5 Å². The molecule has 1 rings (SSSR count). The normalized spacial score (nSPS) is 13.6. The fourth-order valence-corrected chi connectivity index (χ4v) is 4.99. The molecule has 0 aliphatic rings. The number of rotatable bonds is 9. The SMILES string of the molecule is CCSC(SCC)C(O)COS(=O)(=O)c1ccc(C)cc1. The lowest BCUT2D eigenvalue weighted by Gasteiger charge is -2.20. The van der Waals surface area contributed by atoms with E-state index in [2.05, 4.69) is 0 Å². The zero-order chi connectivity index (χ0) is 15.9. The first kappa shape index (κ1) is 18.8. The molecule has 0 radical (unpaired) electrons. The second-order valence-electron chi connectivity index (χ2n) is 4.40. The third-order valence-electron chi connectivity index (χ3n) is 2.68. The van der Waals surface area contributed by atoms with Crippen molar-refractivity contribution in [1.29, 1.82) is 0 Å². The molecule has 0 saturated carbocycles. The molecule has 1 atom stereocenters. The van der Waals surface area contributed by atoms with Crippen LogP contribution in [0.5, 0.6) is 0 Å². The highest BCUT2D eigenvalue weighted by atomic mass is 32.2. The summed E-state index contributed by atoms with van der Waals surface area (Å²) in [6, 6.07) is 6.46. The van der Waals surface area contributed by atoms with E-state index < -0.39 is 16.2 Å². The van der Waals surface area contributed by atoms with Crippen molar-refractivity contribution in [2.45, 2.75) is 36.4 Å². The number of hydrogen-bond acceptors (Lipinski definition) is 6. The number of aliphatic hydroxyl groups excluding tert-OH is 1. The van der Waals surface area contributed by atoms with Gasteiger partial charge in [-0.05, 0) is 30.6 Å². The smallest absolute Gasteiger partial charge is 0.297 e. The first-order valence-corrected chi connectivity index (χ1v) is 10.3. The van der Waals surface area contributed by atoms with Gasteiger partial charge in [0.15, 0.2) is 0 Å². The molecule has 21 heavy (non-hydrogen) atoms. The van der Waals surface area contributed by atoms with E-state index in [0.717, 1.165) is 17.1 Å². The maximum Gasteiger partial charge on any atom is 0.297 e. The molecule has 0 bridgehead atoms. The summed E-state index contributed by atoms with van der Waals surface area (Å²) >= 11 is 3.19. The molecular weight excluding hydrogens is 328 g/mol. The van der Waals surface area contributed by atoms with Crippen LogP contribution in [0.25, 0.3) is 0 Å². The Hall–Kier alpha value is -0.210. The Balaban J connectivity index is 2.65.